The quantitative estimate of drug-likeness (QED) is 0.562. The van der Waals surface area contributed by atoms with Gasteiger partial charge < -0.3 is 0 Å². The second-order valence-electron chi connectivity index (χ2n) is 0. The molecule has 46 valence electrons. The predicted molar refractivity (Wildman–Crippen MR) is 51.9 cm³/mol. The molecule has 0 heterocycles. The van der Waals surface area contributed by atoms with E-state index in [0.29, 0.717) is 0 Å². The first kappa shape index (κ1) is 78.5. The van der Waals surface area contributed by atoms with E-state index in [1.807, 2.05) is 0 Å². The number of hydrogen-bond acceptors (Lipinski definition) is 0. The van der Waals surface area contributed by atoms with Gasteiger partial charge in [-0.3, -0.25) is 0 Å². The molecule has 0 aromatic carbocycles. The summed E-state index contributed by atoms with van der Waals surface area (Å²) in [5.41, 5.74) is 0. The Balaban J connectivity index is 0. The summed E-state index contributed by atoms with van der Waals surface area (Å²) in [5, 5.41) is 0. The van der Waals surface area contributed by atoms with Crippen molar-refractivity contribution in [2.24, 2.45) is 0 Å². The standard InChI is InChI=1S/Mo.5H2S/h;5*1H2. The van der Waals surface area contributed by atoms with Crippen molar-refractivity contribution in [2.75, 3.05) is 0 Å². The van der Waals surface area contributed by atoms with Crippen LogP contribution in [0.3, 0.4) is 0 Å². The molecule has 0 atom stereocenters. The van der Waals surface area contributed by atoms with Crippen molar-refractivity contribution >= 4 is 67.5 Å². The smallest absolute Gasteiger partial charge is 0 e. The van der Waals surface area contributed by atoms with Gasteiger partial charge >= 0.3 is 0 Å². The van der Waals surface area contributed by atoms with Gasteiger partial charge in [0.15, 0.2) is 0 Å². The molecule has 0 nitrogen and oxygen atoms in total. The Morgan fingerprint density at radius 3 is 0.333 bits per heavy atom. The summed E-state index contributed by atoms with van der Waals surface area (Å²) in [6, 6.07) is 0. The summed E-state index contributed by atoms with van der Waals surface area (Å²) in [4.78, 5) is 0. The van der Waals surface area contributed by atoms with E-state index in [-0.39, 0.29) is 88.5 Å². The third-order valence-electron chi connectivity index (χ3n) is 0. The topological polar surface area (TPSA) is 0 Å². The fourth-order valence-electron chi connectivity index (χ4n) is 0. The maximum absolute atomic E-state index is 0. The van der Waals surface area contributed by atoms with Crippen LogP contribution in [0.15, 0.2) is 0 Å². The van der Waals surface area contributed by atoms with Crippen molar-refractivity contribution in [2.45, 2.75) is 0 Å². The number of rotatable bonds is 0. The molecule has 0 bridgehead atoms. The van der Waals surface area contributed by atoms with Crippen molar-refractivity contribution in [3.63, 3.8) is 0 Å². The molecule has 0 aromatic heterocycles. The fourth-order valence-corrected chi connectivity index (χ4v) is 0. The van der Waals surface area contributed by atoms with E-state index in [4.69, 9.17) is 0 Å². The van der Waals surface area contributed by atoms with Gasteiger partial charge in [-0.2, -0.15) is 67.5 Å². The van der Waals surface area contributed by atoms with Crippen molar-refractivity contribution in [3.05, 3.63) is 0 Å². The van der Waals surface area contributed by atoms with E-state index >= 15 is 0 Å². The molecule has 0 fully saturated rings. The molecule has 0 aliphatic rings. The molecule has 0 aliphatic carbocycles. The molecule has 0 aromatic rings. The van der Waals surface area contributed by atoms with Gasteiger partial charge in [0, 0.05) is 21.1 Å². The van der Waals surface area contributed by atoms with Crippen LogP contribution in [0, 0.1) is 0 Å². The first-order chi connectivity index (χ1) is 0. The summed E-state index contributed by atoms with van der Waals surface area (Å²) in [6.45, 7) is 0. The van der Waals surface area contributed by atoms with Gasteiger partial charge in [0.2, 0.25) is 0 Å². The van der Waals surface area contributed by atoms with Crippen LogP contribution in [-0.2, 0) is 21.1 Å². The van der Waals surface area contributed by atoms with Crippen molar-refractivity contribution in [1.82, 2.24) is 0 Å². The van der Waals surface area contributed by atoms with Gasteiger partial charge in [-0.05, 0) is 0 Å². The molecule has 0 saturated heterocycles. The zero-order valence-electron chi connectivity index (χ0n) is 2.91. The van der Waals surface area contributed by atoms with Gasteiger partial charge in [-0.1, -0.05) is 0 Å². The minimum atomic E-state index is 0. The van der Waals surface area contributed by atoms with Gasteiger partial charge in [-0.15, -0.1) is 0 Å². The monoisotopic (exact) mass is 268 g/mol. The Labute approximate surface area is 87.7 Å². The van der Waals surface area contributed by atoms with Crippen LogP contribution < -0.4 is 0 Å². The second-order valence-corrected chi connectivity index (χ2v) is 0. The van der Waals surface area contributed by atoms with Gasteiger partial charge in [0.25, 0.3) is 0 Å². The van der Waals surface area contributed by atoms with Crippen LogP contribution in [0.25, 0.3) is 0 Å². The Bertz CT molecular complexity index is 3.90. The first-order valence-electron chi connectivity index (χ1n) is 0. The Hall–Kier alpha value is 2.44. The maximum Gasteiger partial charge on any atom is 0 e. The summed E-state index contributed by atoms with van der Waals surface area (Å²) < 4.78 is 0. The minimum absolute atomic E-state index is 0. The molecule has 6 heteroatoms. The van der Waals surface area contributed by atoms with Gasteiger partial charge in [0.05, 0.1) is 0 Å². The van der Waals surface area contributed by atoms with E-state index < -0.39 is 0 Å². The van der Waals surface area contributed by atoms with E-state index in [9.17, 15) is 0 Å². The molecule has 0 aliphatic heterocycles. The van der Waals surface area contributed by atoms with Gasteiger partial charge in [-0.25, -0.2) is 0 Å². The maximum atomic E-state index is 0. The van der Waals surface area contributed by atoms with Crippen LogP contribution in [0.4, 0.5) is 0 Å². The first-order valence-corrected chi connectivity index (χ1v) is 0. The summed E-state index contributed by atoms with van der Waals surface area (Å²) in [7, 11) is 0. The van der Waals surface area contributed by atoms with Gasteiger partial charge in [0.1, 0.15) is 0 Å². The molecule has 0 saturated carbocycles. The minimum Gasteiger partial charge on any atom is -0.197 e. The normalized spacial score (nSPS) is 0. The van der Waals surface area contributed by atoms with Crippen LogP contribution in [0.2, 0.25) is 0 Å². The summed E-state index contributed by atoms with van der Waals surface area (Å²) >= 11 is 0. The van der Waals surface area contributed by atoms with Crippen molar-refractivity contribution in [1.29, 1.82) is 0 Å². The molecule has 0 spiro atoms. The van der Waals surface area contributed by atoms with Crippen LogP contribution in [0.1, 0.15) is 0 Å². The molecule has 0 amide bonds. The third kappa shape index (κ3) is 32.0. The van der Waals surface area contributed by atoms with E-state index in [0.717, 1.165) is 0 Å². The van der Waals surface area contributed by atoms with Crippen LogP contribution in [0.5, 0.6) is 0 Å². The van der Waals surface area contributed by atoms with Crippen molar-refractivity contribution < 1.29 is 21.1 Å². The molecular formula is H10MoS5. The predicted octanol–water partition coefficient (Wildman–Crippen LogP) is 0.561. The Morgan fingerprint density at radius 1 is 0.333 bits per heavy atom. The molecule has 0 radical (unpaired) electrons. The second kappa shape index (κ2) is 51.9. The largest absolute Gasteiger partial charge is 0.197 e. The number of hydrogen-bond donors (Lipinski definition) is 0. The average molecular weight is 266 g/mol. The van der Waals surface area contributed by atoms with Crippen molar-refractivity contribution in [3.8, 4) is 0 Å². The van der Waals surface area contributed by atoms with Crippen LogP contribution >= 0.6 is 67.5 Å². The average Bonchev–Trinajstić information content (AvgIpc) is 0. The Kier molecular flexibility index (Phi) is 679. The van der Waals surface area contributed by atoms with Crippen LogP contribution in [-0.4, -0.2) is 0 Å². The molecule has 0 rings (SSSR count). The summed E-state index contributed by atoms with van der Waals surface area (Å²) in [6.07, 6.45) is 0. The third-order valence-corrected chi connectivity index (χ3v) is 0. The van der Waals surface area contributed by atoms with E-state index in [1.165, 1.54) is 0 Å². The van der Waals surface area contributed by atoms with E-state index in [1.54, 1.807) is 0 Å². The zero-order chi connectivity index (χ0) is 0. The SMILES string of the molecule is S.S.S.S.S.[Mo]. The Morgan fingerprint density at radius 2 is 0.333 bits per heavy atom. The zero-order valence-corrected chi connectivity index (χ0v) is 9.92. The summed E-state index contributed by atoms with van der Waals surface area (Å²) in [5.74, 6) is 0. The molecular weight excluding hydrogens is 256 g/mol. The van der Waals surface area contributed by atoms with E-state index in [2.05, 4.69) is 0 Å². The molecule has 6 heavy (non-hydrogen) atoms. The fraction of sp³-hybridized carbons (Fsp3) is 0. The molecule has 0 N–H and O–H groups in total. The molecule has 0 unspecified atom stereocenters.